The molecule has 2 atom stereocenters. The first kappa shape index (κ1) is 12.0. The molecule has 3 heteroatoms. The van der Waals surface area contributed by atoms with Crippen molar-refractivity contribution in [3.63, 3.8) is 0 Å². The molecule has 0 spiro atoms. The summed E-state index contributed by atoms with van der Waals surface area (Å²) in [4.78, 5) is 2.38. The van der Waals surface area contributed by atoms with Crippen molar-refractivity contribution in [2.75, 3.05) is 26.7 Å². The van der Waals surface area contributed by atoms with Crippen LogP contribution < -0.4 is 5.32 Å². The number of hydrogen-bond acceptors (Lipinski definition) is 3. The minimum atomic E-state index is -0.147. The molecule has 3 nitrogen and oxygen atoms in total. The Morgan fingerprint density at radius 2 is 2.36 bits per heavy atom. The number of hydrogen-bond donors (Lipinski definition) is 2. The van der Waals surface area contributed by atoms with Gasteiger partial charge in [-0.15, -0.1) is 0 Å². The van der Waals surface area contributed by atoms with Crippen LogP contribution in [0.2, 0.25) is 0 Å². The maximum Gasteiger partial charge on any atom is 0.0512 e. The number of aliphatic hydroxyl groups excluding tert-OH is 1. The molecule has 1 aliphatic rings. The Morgan fingerprint density at radius 3 is 3.00 bits per heavy atom. The van der Waals surface area contributed by atoms with E-state index in [0.717, 1.165) is 19.4 Å². The van der Waals surface area contributed by atoms with Gasteiger partial charge in [0.1, 0.15) is 0 Å². The van der Waals surface area contributed by atoms with Crippen LogP contribution in [-0.2, 0) is 0 Å². The molecule has 0 radical (unpaired) electrons. The predicted molar refractivity (Wildman–Crippen MR) is 59.4 cm³/mol. The van der Waals surface area contributed by atoms with E-state index in [2.05, 4.69) is 17.3 Å². The number of nitrogens with zero attached hydrogens (tertiary/aromatic N) is 1. The average molecular weight is 200 g/mol. The quantitative estimate of drug-likeness (QED) is 0.645. The third-order valence-electron chi connectivity index (χ3n) is 2.86. The van der Waals surface area contributed by atoms with Gasteiger partial charge in [0.25, 0.3) is 0 Å². The third kappa shape index (κ3) is 4.94. The highest BCUT2D eigenvalue weighted by Crippen LogP contribution is 2.07. The number of likely N-dealkylation sites (tertiary alicyclic amines) is 1. The molecule has 14 heavy (non-hydrogen) atoms. The SMILES string of the molecule is CC(O)CCCNC1CCCN(C)C1. The van der Waals surface area contributed by atoms with E-state index in [1.165, 1.54) is 25.9 Å². The zero-order valence-corrected chi connectivity index (χ0v) is 9.50. The maximum atomic E-state index is 9.10. The predicted octanol–water partition coefficient (Wildman–Crippen LogP) is 0.831. The summed E-state index contributed by atoms with van der Waals surface area (Å²) in [5.41, 5.74) is 0. The molecule has 1 heterocycles. The molecule has 1 fully saturated rings. The lowest BCUT2D eigenvalue weighted by Crippen LogP contribution is -2.44. The lowest BCUT2D eigenvalue weighted by atomic mass is 10.1. The summed E-state index contributed by atoms with van der Waals surface area (Å²) in [7, 11) is 2.18. The van der Waals surface area contributed by atoms with Gasteiger partial charge < -0.3 is 15.3 Å². The summed E-state index contributed by atoms with van der Waals surface area (Å²) in [6.45, 7) is 5.32. The van der Waals surface area contributed by atoms with E-state index >= 15 is 0 Å². The molecule has 0 aromatic heterocycles. The fourth-order valence-corrected chi connectivity index (χ4v) is 2.04. The smallest absolute Gasteiger partial charge is 0.0512 e. The number of likely N-dealkylation sites (N-methyl/N-ethyl adjacent to an activating group) is 1. The molecule has 2 N–H and O–H groups in total. The molecule has 1 aliphatic heterocycles. The number of piperidine rings is 1. The van der Waals surface area contributed by atoms with Gasteiger partial charge in [0.15, 0.2) is 0 Å². The molecule has 2 unspecified atom stereocenters. The lowest BCUT2D eigenvalue weighted by Gasteiger charge is -2.30. The average Bonchev–Trinajstić information content (AvgIpc) is 2.12. The second kappa shape index (κ2) is 6.38. The van der Waals surface area contributed by atoms with Gasteiger partial charge in [0.2, 0.25) is 0 Å². The fraction of sp³-hybridized carbons (Fsp3) is 1.00. The van der Waals surface area contributed by atoms with Gasteiger partial charge in [-0.05, 0) is 52.7 Å². The Hall–Kier alpha value is -0.120. The highest BCUT2D eigenvalue weighted by molar-refractivity contribution is 4.75. The second-order valence-electron chi connectivity index (χ2n) is 4.55. The third-order valence-corrected chi connectivity index (χ3v) is 2.86. The summed E-state index contributed by atoms with van der Waals surface area (Å²) in [6.07, 6.45) is 4.46. The van der Waals surface area contributed by atoms with Crippen LogP contribution in [0.15, 0.2) is 0 Å². The lowest BCUT2D eigenvalue weighted by molar-refractivity contribution is 0.178. The number of rotatable bonds is 5. The normalized spacial score (nSPS) is 26.4. The molecule has 0 amide bonds. The fourth-order valence-electron chi connectivity index (χ4n) is 2.04. The Balaban J connectivity index is 2.00. The van der Waals surface area contributed by atoms with Crippen LogP contribution in [0.4, 0.5) is 0 Å². The largest absolute Gasteiger partial charge is 0.393 e. The molecular weight excluding hydrogens is 176 g/mol. The maximum absolute atomic E-state index is 9.10. The Labute approximate surface area is 87.5 Å². The van der Waals surface area contributed by atoms with Crippen molar-refractivity contribution in [1.29, 1.82) is 0 Å². The minimum Gasteiger partial charge on any atom is -0.393 e. The standard InChI is InChI=1S/C11H24N2O/c1-10(14)5-3-7-12-11-6-4-8-13(2)9-11/h10-12,14H,3-9H2,1-2H3. The molecule has 1 saturated heterocycles. The minimum absolute atomic E-state index is 0.147. The van der Waals surface area contributed by atoms with Gasteiger partial charge in [-0.1, -0.05) is 0 Å². The summed E-state index contributed by atoms with van der Waals surface area (Å²) >= 11 is 0. The highest BCUT2D eigenvalue weighted by atomic mass is 16.3. The molecule has 0 aromatic rings. The van der Waals surface area contributed by atoms with Crippen molar-refractivity contribution in [3.05, 3.63) is 0 Å². The monoisotopic (exact) mass is 200 g/mol. The second-order valence-corrected chi connectivity index (χ2v) is 4.55. The summed E-state index contributed by atoms with van der Waals surface area (Å²) in [5, 5.41) is 12.6. The van der Waals surface area contributed by atoms with E-state index in [0.29, 0.717) is 6.04 Å². The van der Waals surface area contributed by atoms with Crippen LogP contribution in [0.1, 0.15) is 32.6 Å². The van der Waals surface area contributed by atoms with E-state index in [9.17, 15) is 0 Å². The van der Waals surface area contributed by atoms with Gasteiger partial charge >= 0.3 is 0 Å². The van der Waals surface area contributed by atoms with E-state index in [1.54, 1.807) is 0 Å². The van der Waals surface area contributed by atoms with Crippen LogP contribution in [0.5, 0.6) is 0 Å². The zero-order valence-electron chi connectivity index (χ0n) is 9.50. The Kier molecular flexibility index (Phi) is 5.45. The van der Waals surface area contributed by atoms with Crippen LogP contribution in [0.25, 0.3) is 0 Å². The number of aliphatic hydroxyl groups is 1. The Bertz CT molecular complexity index is 150. The van der Waals surface area contributed by atoms with Crippen LogP contribution in [-0.4, -0.2) is 48.8 Å². The first-order chi connectivity index (χ1) is 6.68. The van der Waals surface area contributed by atoms with Gasteiger partial charge in [-0.3, -0.25) is 0 Å². The molecule has 0 aromatic carbocycles. The van der Waals surface area contributed by atoms with Crippen LogP contribution in [0, 0.1) is 0 Å². The summed E-state index contributed by atoms with van der Waals surface area (Å²) < 4.78 is 0. The van der Waals surface area contributed by atoms with E-state index in [1.807, 2.05) is 6.92 Å². The van der Waals surface area contributed by atoms with Crippen LogP contribution in [0.3, 0.4) is 0 Å². The Morgan fingerprint density at radius 1 is 1.57 bits per heavy atom. The van der Waals surface area contributed by atoms with Crippen LogP contribution >= 0.6 is 0 Å². The van der Waals surface area contributed by atoms with Crippen molar-refractivity contribution in [1.82, 2.24) is 10.2 Å². The topological polar surface area (TPSA) is 35.5 Å². The van der Waals surface area contributed by atoms with E-state index in [4.69, 9.17) is 5.11 Å². The van der Waals surface area contributed by atoms with Gasteiger partial charge in [-0.2, -0.15) is 0 Å². The zero-order chi connectivity index (χ0) is 10.4. The molecule has 0 aliphatic carbocycles. The van der Waals surface area contributed by atoms with E-state index in [-0.39, 0.29) is 6.10 Å². The molecule has 0 bridgehead atoms. The first-order valence-electron chi connectivity index (χ1n) is 5.78. The number of nitrogens with one attached hydrogen (secondary N) is 1. The van der Waals surface area contributed by atoms with Gasteiger partial charge in [-0.25, -0.2) is 0 Å². The van der Waals surface area contributed by atoms with Crippen molar-refractivity contribution in [3.8, 4) is 0 Å². The molecule has 1 rings (SSSR count). The molecular formula is C11H24N2O. The highest BCUT2D eigenvalue weighted by Gasteiger charge is 2.15. The summed E-state index contributed by atoms with van der Waals surface area (Å²) in [5.74, 6) is 0. The van der Waals surface area contributed by atoms with Gasteiger partial charge in [0, 0.05) is 12.6 Å². The van der Waals surface area contributed by atoms with Crippen molar-refractivity contribution >= 4 is 0 Å². The van der Waals surface area contributed by atoms with Crippen molar-refractivity contribution < 1.29 is 5.11 Å². The summed E-state index contributed by atoms with van der Waals surface area (Å²) in [6, 6.07) is 0.669. The van der Waals surface area contributed by atoms with Crippen molar-refractivity contribution in [2.24, 2.45) is 0 Å². The van der Waals surface area contributed by atoms with E-state index < -0.39 is 0 Å². The van der Waals surface area contributed by atoms with Gasteiger partial charge in [0.05, 0.1) is 6.10 Å². The first-order valence-corrected chi connectivity index (χ1v) is 5.78. The molecule has 84 valence electrons. The molecule has 0 saturated carbocycles. The van der Waals surface area contributed by atoms with Crippen molar-refractivity contribution in [2.45, 2.75) is 44.8 Å².